The second kappa shape index (κ2) is 14.0. The van der Waals surface area contributed by atoms with E-state index in [0.717, 1.165) is 6.42 Å². The van der Waals surface area contributed by atoms with Crippen LogP contribution in [0.4, 0.5) is 0 Å². The van der Waals surface area contributed by atoms with E-state index in [4.69, 9.17) is 9.47 Å². The van der Waals surface area contributed by atoms with Crippen LogP contribution in [-0.4, -0.2) is 59.6 Å². The predicted molar refractivity (Wildman–Crippen MR) is 95.0 cm³/mol. The maximum atomic E-state index is 9.78. The first kappa shape index (κ1) is 21.8. The summed E-state index contributed by atoms with van der Waals surface area (Å²) in [5, 5.41) is 28.7. The van der Waals surface area contributed by atoms with E-state index in [1.165, 1.54) is 64.2 Å². The van der Waals surface area contributed by atoms with Gasteiger partial charge in [0.05, 0.1) is 13.2 Å². The van der Waals surface area contributed by atoms with E-state index in [1.54, 1.807) is 0 Å². The van der Waals surface area contributed by atoms with Gasteiger partial charge in [0.15, 0.2) is 0 Å². The third kappa shape index (κ3) is 9.33. The van der Waals surface area contributed by atoms with Crippen molar-refractivity contribution in [3.63, 3.8) is 0 Å². The van der Waals surface area contributed by atoms with E-state index in [-0.39, 0.29) is 13.2 Å². The lowest BCUT2D eigenvalue weighted by Crippen LogP contribution is -2.54. The number of ether oxygens (including phenoxy) is 2. The highest BCUT2D eigenvalue weighted by atomic mass is 16.6. The standard InChI is InChI=1S/C19H38O5/c1-2-3-4-5-6-7-8-9-10-11-12-13-23-15-17-19(22)18(21)16(20)14-24-17/h16-22H,2-15H2,1H3/t16-,17+,18+,19+/m0/s1. The van der Waals surface area contributed by atoms with Crippen LogP contribution in [-0.2, 0) is 9.47 Å². The summed E-state index contributed by atoms with van der Waals surface area (Å²) in [5.74, 6) is 0. The zero-order chi connectivity index (χ0) is 17.6. The van der Waals surface area contributed by atoms with Gasteiger partial charge < -0.3 is 24.8 Å². The third-order valence-electron chi connectivity index (χ3n) is 4.78. The van der Waals surface area contributed by atoms with E-state index in [9.17, 15) is 15.3 Å². The van der Waals surface area contributed by atoms with Crippen LogP contribution in [0.3, 0.4) is 0 Å². The van der Waals surface area contributed by atoms with E-state index < -0.39 is 24.4 Å². The van der Waals surface area contributed by atoms with Gasteiger partial charge in [-0.2, -0.15) is 0 Å². The van der Waals surface area contributed by atoms with Crippen LogP contribution in [0.2, 0.25) is 0 Å². The second-order valence-electron chi connectivity index (χ2n) is 7.03. The van der Waals surface area contributed by atoms with Gasteiger partial charge in [0.25, 0.3) is 0 Å². The Kier molecular flexibility index (Phi) is 12.8. The average Bonchev–Trinajstić information content (AvgIpc) is 2.58. The number of rotatable bonds is 14. The first-order valence-corrected chi connectivity index (χ1v) is 9.90. The zero-order valence-electron chi connectivity index (χ0n) is 15.4. The van der Waals surface area contributed by atoms with Gasteiger partial charge in [-0.15, -0.1) is 0 Å². The molecule has 0 saturated carbocycles. The molecule has 1 heterocycles. The van der Waals surface area contributed by atoms with Crippen molar-refractivity contribution in [1.29, 1.82) is 0 Å². The Bertz CT molecular complexity index is 287. The maximum absolute atomic E-state index is 9.78. The molecule has 0 unspecified atom stereocenters. The Morgan fingerprint density at radius 3 is 1.92 bits per heavy atom. The summed E-state index contributed by atoms with van der Waals surface area (Å²) in [6.45, 7) is 3.22. The molecule has 0 amide bonds. The molecule has 5 heteroatoms. The Balaban J connectivity index is 1.84. The number of aliphatic hydroxyl groups is 3. The Morgan fingerprint density at radius 2 is 1.33 bits per heavy atom. The molecule has 0 radical (unpaired) electrons. The molecule has 1 rings (SSSR count). The number of hydrogen-bond acceptors (Lipinski definition) is 5. The highest BCUT2D eigenvalue weighted by Crippen LogP contribution is 2.16. The van der Waals surface area contributed by atoms with E-state index in [1.807, 2.05) is 0 Å². The third-order valence-corrected chi connectivity index (χ3v) is 4.78. The summed E-state index contributed by atoms with van der Waals surface area (Å²) in [4.78, 5) is 0. The highest BCUT2D eigenvalue weighted by molar-refractivity contribution is 4.86. The van der Waals surface area contributed by atoms with Crippen molar-refractivity contribution in [3.05, 3.63) is 0 Å². The summed E-state index contributed by atoms with van der Waals surface area (Å²) in [7, 11) is 0. The van der Waals surface area contributed by atoms with Crippen LogP contribution in [0, 0.1) is 0 Å². The fourth-order valence-corrected chi connectivity index (χ4v) is 3.08. The minimum Gasteiger partial charge on any atom is -0.388 e. The molecular formula is C19H38O5. The molecule has 24 heavy (non-hydrogen) atoms. The van der Waals surface area contributed by atoms with Gasteiger partial charge in [0.2, 0.25) is 0 Å². The van der Waals surface area contributed by atoms with Crippen molar-refractivity contribution in [2.24, 2.45) is 0 Å². The van der Waals surface area contributed by atoms with Crippen molar-refractivity contribution in [3.8, 4) is 0 Å². The summed E-state index contributed by atoms with van der Waals surface area (Å²) < 4.78 is 10.8. The average molecular weight is 347 g/mol. The highest BCUT2D eigenvalue weighted by Gasteiger charge is 2.37. The first-order chi connectivity index (χ1) is 11.7. The van der Waals surface area contributed by atoms with Crippen LogP contribution in [0.1, 0.15) is 77.6 Å². The van der Waals surface area contributed by atoms with Crippen LogP contribution >= 0.6 is 0 Å². The molecule has 1 saturated heterocycles. The lowest BCUT2D eigenvalue weighted by Gasteiger charge is -2.35. The van der Waals surface area contributed by atoms with Crippen LogP contribution in [0.5, 0.6) is 0 Å². The molecule has 0 aliphatic carbocycles. The molecule has 5 nitrogen and oxygen atoms in total. The quantitative estimate of drug-likeness (QED) is 0.422. The number of hydrogen-bond donors (Lipinski definition) is 3. The molecular weight excluding hydrogens is 308 g/mol. The molecule has 0 spiro atoms. The van der Waals surface area contributed by atoms with Gasteiger partial charge >= 0.3 is 0 Å². The molecule has 3 N–H and O–H groups in total. The second-order valence-corrected chi connectivity index (χ2v) is 7.03. The van der Waals surface area contributed by atoms with E-state index >= 15 is 0 Å². The molecule has 0 aromatic carbocycles. The number of aliphatic hydroxyl groups excluding tert-OH is 3. The van der Waals surface area contributed by atoms with Gasteiger partial charge in [-0.3, -0.25) is 0 Å². The minimum absolute atomic E-state index is 0.0463. The van der Waals surface area contributed by atoms with Crippen molar-refractivity contribution in [1.82, 2.24) is 0 Å². The van der Waals surface area contributed by atoms with Crippen molar-refractivity contribution in [2.45, 2.75) is 102 Å². The molecule has 0 aromatic rings. The predicted octanol–water partition coefficient (Wildman–Crippen LogP) is 2.80. The molecule has 0 bridgehead atoms. The summed E-state index contributed by atoms with van der Waals surface area (Å²) in [5.41, 5.74) is 0. The fourth-order valence-electron chi connectivity index (χ4n) is 3.08. The summed E-state index contributed by atoms with van der Waals surface area (Å²) in [6.07, 6.45) is 10.5. The fraction of sp³-hybridized carbons (Fsp3) is 1.00. The van der Waals surface area contributed by atoms with Crippen molar-refractivity contribution in [2.75, 3.05) is 19.8 Å². The zero-order valence-corrected chi connectivity index (χ0v) is 15.4. The first-order valence-electron chi connectivity index (χ1n) is 9.90. The van der Waals surface area contributed by atoms with Gasteiger partial charge in [0.1, 0.15) is 24.4 Å². The smallest absolute Gasteiger partial charge is 0.111 e. The lowest BCUT2D eigenvalue weighted by atomic mass is 10.0. The van der Waals surface area contributed by atoms with Crippen molar-refractivity contribution < 1.29 is 24.8 Å². The molecule has 1 aliphatic heterocycles. The molecule has 4 atom stereocenters. The minimum atomic E-state index is -1.14. The molecule has 144 valence electrons. The normalized spacial score (nSPS) is 27.5. The number of unbranched alkanes of at least 4 members (excludes halogenated alkanes) is 10. The van der Waals surface area contributed by atoms with Crippen molar-refractivity contribution >= 4 is 0 Å². The Labute approximate surface area is 147 Å². The van der Waals surface area contributed by atoms with E-state index in [2.05, 4.69) is 6.92 Å². The summed E-state index contributed by atoms with van der Waals surface area (Å²) >= 11 is 0. The Hall–Kier alpha value is -0.200. The van der Waals surface area contributed by atoms with Gasteiger partial charge in [-0.05, 0) is 6.42 Å². The summed E-state index contributed by atoms with van der Waals surface area (Å²) in [6, 6.07) is 0. The van der Waals surface area contributed by atoms with Gasteiger partial charge in [-0.1, -0.05) is 71.1 Å². The molecule has 0 aromatic heterocycles. The maximum Gasteiger partial charge on any atom is 0.111 e. The van der Waals surface area contributed by atoms with Gasteiger partial charge in [0, 0.05) is 6.61 Å². The molecule has 1 aliphatic rings. The molecule has 1 fully saturated rings. The van der Waals surface area contributed by atoms with Crippen LogP contribution in [0.25, 0.3) is 0 Å². The van der Waals surface area contributed by atoms with Crippen LogP contribution < -0.4 is 0 Å². The largest absolute Gasteiger partial charge is 0.388 e. The Morgan fingerprint density at radius 1 is 0.792 bits per heavy atom. The van der Waals surface area contributed by atoms with E-state index in [0.29, 0.717) is 6.61 Å². The topological polar surface area (TPSA) is 79.2 Å². The SMILES string of the molecule is CCCCCCCCCCCCCOC[C@H]1OC[C@H](O)[C@@H](O)[C@@H]1O. The lowest BCUT2D eigenvalue weighted by molar-refractivity contribution is -0.199. The van der Waals surface area contributed by atoms with Crippen LogP contribution in [0.15, 0.2) is 0 Å². The monoisotopic (exact) mass is 346 g/mol. The van der Waals surface area contributed by atoms with Gasteiger partial charge in [-0.25, -0.2) is 0 Å².